The van der Waals surface area contributed by atoms with Crippen molar-refractivity contribution in [2.24, 2.45) is 0 Å². The summed E-state index contributed by atoms with van der Waals surface area (Å²) in [6.07, 6.45) is 0.544. The van der Waals surface area contributed by atoms with Crippen LogP contribution in [0.4, 0.5) is 0 Å². The Balaban J connectivity index is 1.62. The maximum absolute atomic E-state index is 13.3. The minimum absolute atomic E-state index is 0.0109. The number of amides is 1. The van der Waals surface area contributed by atoms with E-state index in [9.17, 15) is 9.59 Å². The second kappa shape index (κ2) is 9.20. The van der Waals surface area contributed by atoms with Crippen LogP contribution >= 0.6 is 11.6 Å². The molecule has 4 rings (SSSR count). The number of morpholine rings is 1. The van der Waals surface area contributed by atoms with Gasteiger partial charge in [0.2, 0.25) is 5.91 Å². The first-order valence-corrected chi connectivity index (χ1v) is 10.9. The highest BCUT2D eigenvalue weighted by Gasteiger charge is 2.26. The lowest BCUT2D eigenvalue weighted by atomic mass is 10.1. The minimum atomic E-state index is -0.171. The third-order valence-electron chi connectivity index (χ3n) is 5.51. The molecule has 0 saturated carbocycles. The molecule has 31 heavy (non-hydrogen) atoms. The monoisotopic (exact) mass is 439 g/mol. The van der Waals surface area contributed by atoms with Crippen LogP contribution in [0, 0.1) is 0 Å². The molecule has 3 aromatic rings. The number of hydrogen-bond acceptors (Lipinski definition) is 4. The summed E-state index contributed by atoms with van der Waals surface area (Å²) < 4.78 is 7.42. The zero-order chi connectivity index (χ0) is 22.0. The van der Waals surface area contributed by atoms with E-state index >= 15 is 0 Å². The highest BCUT2D eigenvalue weighted by atomic mass is 35.5. The fraction of sp³-hybridized carbons (Fsp3) is 0.375. The average Bonchev–Trinajstić information content (AvgIpc) is 2.74. The van der Waals surface area contributed by atoms with Gasteiger partial charge in [0.25, 0.3) is 5.56 Å². The van der Waals surface area contributed by atoms with E-state index in [1.54, 1.807) is 16.7 Å². The van der Waals surface area contributed by atoms with Crippen molar-refractivity contribution in [2.45, 2.75) is 45.4 Å². The normalized spacial score (nSPS) is 19.0. The zero-order valence-corrected chi connectivity index (χ0v) is 18.5. The van der Waals surface area contributed by atoms with E-state index < -0.39 is 0 Å². The summed E-state index contributed by atoms with van der Waals surface area (Å²) in [5.74, 6) is 0.0176. The molecule has 0 radical (unpaired) electrons. The molecule has 1 aliphatic rings. The van der Waals surface area contributed by atoms with Crippen LogP contribution in [0.1, 0.15) is 31.5 Å². The zero-order valence-electron chi connectivity index (χ0n) is 17.8. The molecule has 1 aliphatic heterocycles. The quantitative estimate of drug-likeness (QED) is 0.608. The third kappa shape index (κ3) is 4.97. The van der Waals surface area contributed by atoms with E-state index in [2.05, 4.69) is 4.98 Å². The Morgan fingerprint density at radius 2 is 1.84 bits per heavy atom. The molecule has 2 atom stereocenters. The first-order chi connectivity index (χ1) is 14.9. The molecule has 1 amide bonds. The molecule has 2 aromatic carbocycles. The number of hydrogen-bond donors (Lipinski definition) is 0. The van der Waals surface area contributed by atoms with Crippen molar-refractivity contribution in [1.29, 1.82) is 0 Å². The molecule has 6 nitrogen and oxygen atoms in total. The lowest BCUT2D eigenvalue weighted by molar-refractivity contribution is -0.143. The molecule has 1 fully saturated rings. The van der Waals surface area contributed by atoms with Crippen LogP contribution < -0.4 is 5.56 Å². The standard InChI is InChI=1S/C24H26ClN3O3/c1-16-13-27(14-17(2)31-16)23(29)11-9-20-24(30)28(15-18-6-4-3-5-7-18)22-10-8-19(25)12-21(22)26-20/h3-8,10,12,16-17H,9,11,13-15H2,1-2H3/t16-,17+. The number of aromatic nitrogens is 2. The number of aryl methyl sites for hydroxylation is 1. The Morgan fingerprint density at radius 3 is 2.55 bits per heavy atom. The van der Waals surface area contributed by atoms with Gasteiger partial charge in [-0.2, -0.15) is 0 Å². The topological polar surface area (TPSA) is 64.4 Å². The fourth-order valence-corrected chi connectivity index (χ4v) is 4.29. The van der Waals surface area contributed by atoms with Gasteiger partial charge >= 0.3 is 0 Å². The second-order valence-corrected chi connectivity index (χ2v) is 8.56. The third-order valence-corrected chi connectivity index (χ3v) is 5.74. The summed E-state index contributed by atoms with van der Waals surface area (Å²) in [6.45, 7) is 5.50. The number of benzene rings is 2. The van der Waals surface area contributed by atoms with Crippen molar-refractivity contribution in [1.82, 2.24) is 14.5 Å². The van der Waals surface area contributed by atoms with Crippen molar-refractivity contribution < 1.29 is 9.53 Å². The van der Waals surface area contributed by atoms with Crippen LogP contribution in [0.25, 0.3) is 11.0 Å². The molecule has 0 N–H and O–H groups in total. The first-order valence-electron chi connectivity index (χ1n) is 10.6. The molecule has 0 aliphatic carbocycles. The first kappa shape index (κ1) is 21.5. The van der Waals surface area contributed by atoms with E-state index in [0.717, 1.165) is 11.1 Å². The number of fused-ring (bicyclic) bond motifs is 1. The van der Waals surface area contributed by atoms with Crippen LogP contribution in [-0.2, 0) is 22.5 Å². The number of nitrogens with zero attached hydrogens (tertiary/aromatic N) is 3. The summed E-state index contributed by atoms with van der Waals surface area (Å²) in [6, 6.07) is 15.2. The van der Waals surface area contributed by atoms with Crippen LogP contribution in [0.2, 0.25) is 5.02 Å². The van der Waals surface area contributed by atoms with Crippen LogP contribution in [-0.4, -0.2) is 45.7 Å². The van der Waals surface area contributed by atoms with E-state index in [1.165, 1.54) is 0 Å². The smallest absolute Gasteiger partial charge is 0.273 e. The molecule has 0 spiro atoms. The molecule has 2 heterocycles. The Hall–Kier alpha value is -2.70. The molecule has 7 heteroatoms. The molecule has 1 saturated heterocycles. The number of rotatable bonds is 5. The second-order valence-electron chi connectivity index (χ2n) is 8.12. The Kier molecular flexibility index (Phi) is 6.39. The number of carbonyl (C=O) groups is 1. The van der Waals surface area contributed by atoms with Crippen molar-refractivity contribution >= 4 is 28.5 Å². The van der Waals surface area contributed by atoms with Gasteiger partial charge in [-0.1, -0.05) is 41.9 Å². The Labute approximate surface area is 186 Å². The Morgan fingerprint density at radius 1 is 1.13 bits per heavy atom. The molecule has 0 unspecified atom stereocenters. The molecule has 0 bridgehead atoms. The minimum Gasteiger partial charge on any atom is -0.372 e. The fourth-order valence-electron chi connectivity index (χ4n) is 4.12. The van der Waals surface area contributed by atoms with Gasteiger partial charge < -0.3 is 14.2 Å². The van der Waals surface area contributed by atoms with Gasteiger partial charge in [-0.05, 0) is 37.6 Å². The SMILES string of the molecule is C[C@@H]1CN(C(=O)CCc2nc3cc(Cl)ccc3n(Cc3ccccc3)c2=O)C[C@H](C)O1. The van der Waals surface area contributed by atoms with Gasteiger partial charge in [0.15, 0.2) is 0 Å². The highest BCUT2D eigenvalue weighted by molar-refractivity contribution is 6.31. The maximum Gasteiger partial charge on any atom is 0.273 e. The molecular formula is C24H26ClN3O3. The van der Waals surface area contributed by atoms with E-state index in [1.807, 2.05) is 55.1 Å². The molecule has 1 aromatic heterocycles. The molecule has 162 valence electrons. The summed E-state index contributed by atoms with van der Waals surface area (Å²) in [7, 11) is 0. The summed E-state index contributed by atoms with van der Waals surface area (Å²) >= 11 is 6.18. The van der Waals surface area contributed by atoms with Crippen LogP contribution in [0.5, 0.6) is 0 Å². The van der Waals surface area contributed by atoms with Gasteiger partial charge in [-0.15, -0.1) is 0 Å². The van der Waals surface area contributed by atoms with Crippen molar-refractivity contribution in [3.63, 3.8) is 0 Å². The highest BCUT2D eigenvalue weighted by Crippen LogP contribution is 2.19. The van der Waals surface area contributed by atoms with Crippen LogP contribution in [0.3, 0.4) is 0 Å². The van der Waals surface area contributed by atoms with Crippen molar-refractivity contribution in [2.75, 3.05) is 13.1 Å². The van der Waals surface area contributed by atoms with Gasteiger partial charge in [0, 0.05) is 31.0 Å². The van der Waals surface area contributed by atoms with Gasteiger partial charge in [-0.25, -0.2) is 4.98 Å². The van der Waals surface area contributed by atoms with Crippen LogP contribution in [0.15, 0.2) is 53.3 Å². The summed E-state index contributed by atoms with van der Waals surface area (Å²) in [5.41, 5.74) is 2.61. The predicted molar refractivity (Wildman–Crippen MR) is 121 cm³/mol. The van der Waals surface area contributed by atoms with Gasteiger partial charge in [0.05, 0.1) is 29.8 Å². The average molecular weight is 440 g/mol. The number of ether oxygens (including phenoxy) is 1. The number of halogens is 1. The van der Waals surface area contributed by atoms with Gasteiger partial charge in [-0.3, -0.25) is 9.59 Å². The predicted octanol–water partition coefficient (Wildman–Crippen LogP) is 3.67. The molecular weight excluding hydrogens is 414 g/mol. The largest absolute Gasteiger partial charge is 0.372 e. The Bertz CT molecular complexity index is 1140. The van der Waals surface area contributed by atoms with Gasteiger partial charge in [0.1, 0.15) is 5.69 Å². The summed E-state index contributed by atoms with van der Waals surface area (Å²) in [5, 5.41) is 0.559. The summed E-state index contributed by atoms with van der Waals surface area (Å²) in [4.78, 5) is 32.5. The lowest BCUT2D eigenvalue weighted by Crippen LogP contribution is -2.48. The maximum atomic E-state index is 13.3. The van der Waals surface area contributed by atoms with E-state index in [4.69, 9.17) is 16.3 Å². The van der Waals surface area contributed by atoms with E-state index in [0.29, 0.717) is 35.9 Å². The number of carbonyl (C=O) groups excluding carboxylic acids is 1. The lowest BCUT2D eigenvalue weighted by Gasteiger charge is -2.35. The van der Waals surface area contributed by atoms with Crippen molar-refractivity contribution in [3.05, 3.63) is 75.2 Å². The van der Waals surface area contributed by atoms with Crippen molar-refractivity contribution in [3.8, 4) is 0 Å². The van der Waals surface area contributed by atoms with E-state index in [-0.39, 0.29) is 36.5 Å².